The molecule has 0 unspecified atom stereocenters. The number of thiol groups is 1. The van der Waals surface area contributed by atoms with Gasteiger partial charge in [0.2, 0.25) is 5.91 Å². The molecule has 102 valence electrons. The van der Waals surface area contributed by atoms with Crippen molar-refractivity contribution in [3.8, 4) is 0 Å². The molecule has 6 heteroatoms. The highest BCUT2D eigenvalue weighted by molar-refractivity contribution is 7.80. The first kappa shape index (κ1) is 13.9. The van der Waals surface area contributed by atoms with Gasteiger partial charge in [0.15, 0.2) is 0 Å². The number of hydrogen-bond acceptors (Lipinski definition) is 3. The number of nitrogens with one attached hydrogen (secondary N) is 1. The summed E-state index contributed by atoms with van der Waals surface area (Å²) >= 11 is 3.93. The SMILES string of the molecule is CN(CC(=O)NC1CC1)C(=O)c1ccc(F)c(S)c1. The molecule has 1 N–H and O–H groups in total. The fraction of sp³-hybridized carbons (Fsp3) is 0.385. The average molecular weight is 282 g/mol. The summed E-state index contributed by atoms with van der Waals surface area (Å²) in [5.74, 6) is -0.984. The summed E-state index contributed by atoms with van der Waals surface area (Å²) in [5.41, 5.74) is 0.313. The quantitative estimate of drug-likeness (QED) is 0.822. The lowest BCUT2D eigenvalue weighted by atomic mass is 10.2. The molecular formula is C13H15FN2O2S. The summed E-state index contributed by atoms with van der Waals surface area (Å²) in [6.45, 7) is -0.00534. The van der Waals surface area contributed by atoms with E-state index in [2.05, 4.69) is 17.9 Å². The lowest BCUT2D eigenvalue weighted by Gasteiger charge is -2.17. The van der Waals surface area contributed by atoms with E-state index in [1.54, 1.807) is 0 Å². The van der Waals surface area contributed by atoms with Crippen LogP contribution in [0.15, 0.2) is 23.1 Å². The highest BCUT2D eigenvalue weighted by Crippen LogP contribution is 2.18. The second kappa shape index (κ2) is 5.61. The molecule has 2 amide bonds. The first-order valence-electron chi connectivity index (χ1n) is 6.00. The lowest BCUT2D eigenvalue weighted by Crippen LogP contribution is -2.39. The molecule has 1 aromatic rings. The molecule has 19 heavy (non-hydrogen) atoms. The first-order valence-corrected chi connectivity index (χ1v) is 6.45. The predicted octanol–water partition coefficient (Wildman–Crippen LogP) is 1.46. The molecule has 1 fully saturated rings. The van der Waals surface area contributed by atoms with Gasteiger partial charge in [-0.3, -0.25) is 9.59 Å². The Labute approximate surface area is 116 Å². The van der Waals surface area contributed by atoms with Crippen molar-refractivity contribution >= 4 is 24.4 Å². The second-order valence-corrected chi connectivity index (χ2v) is 5.15. The molecule has 0 radical (unpaired) electrons. The summed E-state index contributed by atoms with van der Waals surface area (Å²) < 4.78 is 13.1. The van der Waals surface area contributed by atoms with Gasteiger partial charge in [-0.1, -0.05) is 0 Å². The number of benzene rings is 1. The number of likely N-dealkylation sites (N-methyl/N-ethyl adjacent to an activating group) is 1. The minimum Gasteiger partial charge on any atom is -0.352 e. The molecular weight excluding hydrogens is 267 g/mol. The summed E-state index contributed by atoms with van der Waals surface area (Å²) in [6, 6.07) is 4.20. The smallest absolute Gasteiger partial charge is 0.254 e. The van der Waals surface area contributed by atoms with Gasteiger partial charge in [-0.25, -0.2) is 4.39 Å². The van der Waals surface area contributed by atoms with E-state index in [-0.39, 0.29) is 29.3 Å². The molecule has 1 aliphatic carbocycles. The Hall–Kier alpha value is -1.56. The van der Waals surface area contributed by atoms with Crippen LogP contribution in [0.4, 0.5) is 4.39 Å². The van der Waals surface area contributed by atoms with Gasteiger partial charge in [-0.2, -0.15) is 0 Å². The number of amides is 2. The van der Waals surface area contributed by atoms with Gasteiger partial charge in [0, 0.05) is 23.5 Å². The monoisotopic (exact) mass is 282 g/mol. The minimum atomic E-state index is -0.478. The van der Waals surface area contributed by atoms with Crippen molar-refractivity contribution in [3.63, 3.8) is 0 Å². The lowest BCUT2D eigenvalue weighted by molar-refractivity contribution is -0.121. The van der Waals surface area contributed by atoms with E-state index in [1.165, 1.54) is 30.1 Å². The van der Waals surface area contributed by atoms with Crippen LogP contribution in [0.1, 0.15) is 23.2 Å². The topological polar surface area (TPSA) is 49.4 Å². The normalized spacial score (nSPS) is 14.1. The third-order valence-electron chi connectivity index (χ3n) is 2.86. The minimum absolute atomic E-state index is 0.00534. The van der Waals surface area contributed by atoms with Crippen molar-refractivity contribution in [2.75, 3.05) is 13.6 Å². The molecule has 0 aliphatic heterocycles. The molecule has 2 rings (SSSR count). The second-order valence-electron chi connectivity index (χ2n) is 4.67. The van der Waals surface area contributed by atoms with E-state index >= 15 is 0 Å². The number of hydrogen-bond donors (Lipinski definition) is 2. The summed E-state index contributed by atoms with van der Waals surface area (Å²) in [5, 5.41) is 2.80. The van der Waals surface area contributed by atoms with Crippen LogP contribution in [-0.2, 0) is 4.79 Å². The van der Waals surface area contributed by atoms with Crippen LogP contribution in [-0.4, -0.2) is 36.3 Å². The molecule has 0 aromatic heterocycles. The number of carbonyl (C=O) groups excluding carboxylic acids is 2. The van der Waals surface area contributed by atoms with Gasteiger partial charge in [0.25, 0.3) is 5.91 Å². The maximum atomic E-state index is 13.1. The van der Waals surface area contributed by atoms with Crippen LogP contribution in [0.2, 0.25) is 0 Å². The standard InChI is InChI=1S/C13H15FN2O2S/c1-16(7-12(17)15-9-3-4-9)13(18)8-2-5-10(14)11(19)6-8/h2,5-6,9,19H,3-4,7H2,1H3,(H,15,17). The average Bonchev–Trinajstić information content (AvgIpc) is 3.15. The van der Waals surface area contributed by atoms with E-state index in [4.69, 9.17) is 0 Å². The van der Waals surface area contributed by atoms with Crippen LogP contribution >= 0.6 is 12.6 Å². The van der Waals surface area contributed by atoms with Crippen molar-refractivity contribution in [2.45, 2.75) is 23.8 Å². The highest BCUT2D eigenvalue weighted by Gasteiger charge is 2.24. The molecule has 0 saturated heterocycles. The van der Waals surface area contributed by atoms with Crippen LogP contribution in [0.25, 0.3) is 0 Å². The van der Waals surface area contributed by atoms with Crippen LogP contribution in [0.3, 0.4) is 0 Å². The Balaban J connectivity index is 1.97. The third-order valence-corrected chi connectivity index (χ3v) is 3.21. The molecule has 0 spiro atoms. The fourth-order valence-corrected chi connectivity index (χ4v) is 1.87. The molecule has 1 aliphatic rings. The van der Waals surface area contributed by atoms with Crippen LogP contribution < -0.4 is 5.32 Å². The number of rotatable bonds is 4. The fourth-order valence-electron chi connectivity index (χ4n) is 1.65. The molecule has 0 heterocycles. The van der Waals surface area contributed by atoms with E-state index < -0.39 is 5.82 Å². The summed E-state index contributed by atoms with van der Waals surface area (Å²) in [6.07, 6.45) is 2.01. The number of nitrogens with zero attached hydrogens (tertiary/aromatic N) is 1. The molecule has 1 saturated carbocycles. The Morgan fingerprint density at radius 1 is 1.47 bits per heavy atom. The number of carbonyl (C=O) groups is 2. The van der Waals surface area contributed by atoms with Crippen molar-refractivity contribution in [3.05, 3.63) is 29.6 Å². The summed E-state index contributed by atoms with van der Waals surface area (Å²) in [4.78, 5) is 25.0. The maximum absolute atomic E-state index is 13.1. The maximum Gasteiger partial charge on any atom is 0.254 e. The zero-order valence-corrected chi connectivity index (χ0v) is 11.4. The van der Waals surface area contributed by atoms with Gasteiger partial charge >= 0.3 is 0 Å². The van der Waals surface area contributed by atoms with E-state index in [9.17, 15) is 14.0 Å². The molecule has 0 bridgehead atoms. The number of halogens is 1. The molecule has 4 nitrogen and oxygen atoms in total. The summed E-state index contributed by atoms with van der Waals surface area (Å²) in [7, 11) is 1.54. The van der Waals surface area contributed by atoms with Gasteiger partial charge in [-0.05, 0) is 31.0 Å². The molecule has 1 aromatic carbocycles. The Morgan fingerprint density at radius 2 is 2.16 bits per heavy atom. The van der Waals surface area contributed by atoms with Crippen molar-refractivity contribution in [1.29, 1.82) is 0 Å². The third kappa shape index (κ3) is 3.70. The van der Waals surface area contributed by atoms with Gasteiger partial charge in [0.05, 0.1) is 6.54 Å². The predicted molar refractivity (Wildman–Crippen MR) is 71.8 cm³/mol. The van der Waals surface area contributed by atoms with Gasteiger partial charge in [0.1, 0.15) is 5.82 Å². The van der Waals surface area contributed by atoms with Crippen molar-refractivity contribution in [1.82, 2.24) is 10.2 Å². The highest BCUT2D eigenvalue weighted by atomic mass is 32.1. The Kier molecular flexibility index (Phi) is 4.09. The van der Waals surface area contributed by atoms with E-state index in [0.717, 1.165) is 12.8 Å². The van der Waals surface area contributed by atoms with Crippen molar-refractivity contribution < 1.29 is 14.0 Å². The largest absolute Gasteiger partial charge is 0.352 e. The van der Waals surface area contributed by atoms with Gasteiger partial charge in [-0.15, -0.1) is 12.6 Å². The van der Waals surface area contributed by atoms with E-state index in [1.807, 2.05) is 0 Å². The van der Waals surface area contributed by atoms with Crippen LogP contribution in [0.5, 0.6) is 0 Å². The van der Waals surface area contributed by atoms with E-state index in [0.29, 0.717) is 5.56 Å². The molecule has 0 atom stereocenters. The Bertz CT molecular complexity index is 517. The zero-order chi connectivity index (χ0) is 14.0. The first-order chi connectivity index (χ1) is 8.97. The zero-order valence-electron chi connectivity index (χ0n) is 10.5. The Morgan fingerprint density at radius 3 is 2.74 bits per heavy atom. The van der Waals surface area contributed by atoms with Gasteiger partial charge < -0.3 is 10.2 Å². The van der Waals surface area contributed by atoms with Crippen LogP contribution in [0, 0.1) is 5.82 Å². The van der Waals surface area contributed by atoms with Crippen molar-refractivity contribution in [2.24, 2.45) is 0 Å².